The summed E-state index contributed by atoms with van der Waals surface area (Å²) in [5, 5.41) is 2.89. The molecule has 0 saturated carbocycles. The highest BCUT2D eigenvalue weighted by atomic mass is 16.5. The molecule has 1 atom stereocenters. The molecule has 2 aromatic rings. The van der Waals surface area contributed by atoms with Gasteiger partial charge >= 0.3 is 0 Å². The molecule has 0 fully saturated rings. The van der Waals surface area contributed by atoms with Crippen molar-refractivity contribution in [2.45, 2.75) is 40.7 Å². The molecule has 0 aromatic heterocycles. The van der Waals surface area contributed by atoms with Gasteiger partial charge in [-0.05, 0) is 81.1 Å². The highest BCUT2D eigenvalue weighted by Gasteiger charge is 2.15. The summed E-state index contributed by atoms with van der Waals surface area (Å²) in [5.74, 6) is 0.562. The molecule has 0 aliphatic rings. The Kier molecular flexibility index (Phi) is 4.86. The van der Waals surface area contributed by atoms with Crippen LogP contribution in [0.1, 0.15) is 29.2 Å². The maximum atomic E-state index is 12.2. The minimum Gasteiger partial charge on any atom is -0.481 e. The molecule has 2 rings (SSSR count). The zero-order valence-corrected chi connectivity index (χ0v) is 13.9. The van der Waals surface area contributed by atoms with Gasteiger partial charge in [-0.25, -0.2) is 0 Å². The molecule has 3 heteroatoms. The van der Waals surface area contributed by atoms with Crippen molar-refractivity contribution in [1.29, 1.82) is 0 Å². The Morgan fingerprint density at radius 2 is 1.50 bits per heavy atom. The molecule has 0 heterocycles. The van der Waals surface area contributed by atoms with Gasteiger partial charge in [0.1, 0.15) is 5.75 Å². The van der Waals surface area contributed by atoms with Crippen LogP contribution in [0.2, 0.25) is 0 Å². The second-order valence-electron chi connectivity index (χ2n) is 5.79. The van der Waals surface area contributed by atoms with Crippen LogP contribution in [-0.2, 0) is 4.79 Å². The topological polar surface area (TPSA) is 38.3 Å². The number of hydrogen-bond acceptors (Lipinski definition) is 2. The van der Waals surface area contributed by atoms with Crippen molar-refractivity contribution in [3.63, 3.8) is 0 Å². The summed E-state index contributed by atoms with van der Waals surface area (Å²) in [6.07, 6.45) is -0.552. The monoisotopic (exact) mass is 297 g/mol. The molecule has 22 heavy (non-hydrogen) atoms. The van der Waals surface area contributed by atoms with Crippen LogP contribution in [0.5, 0.6) is 5.75 Å². The Hall–Kier alpha value is -2.29. The van der Waals surface area contributed by atoms with Crippen molar-refractivity contribution >= 4 is 11.6 Å². The first-order valence-corrected chi connectivity index (χ1v) is 7.49. The van der Waals surface area contributed by atoms with E-state index in [0.717, 1.165) is 16.8 Å². The Bertz CT molecular complexity index is 692. The summed E-state index contributed by atoms with van der Waals surface area (Å²) >= 11 is 0. The molecule has 3 nitrogen and oxygen atoms in total. The van der Waals surface area contributed by atoms with Crippen molar-refractivity contribution in [1.82, 2.24) is 0 Å². The molecule has 0 bridgehead atoms. The lowest BCUT2D eigenvalue weighted by molar-refractivity contribution is -0.122. The number of carbonyl (C=O) groups is 1. The lowest BCUT2D eigenvalue weighted by Crippen LogP contribution is -2.30. The quantitative estimate of drug-likeness (QED) is 0.912. The van der Waals surface area contributed by atoms with Gasteiger partial charge in [0, 0.05) is 5.69 Å². The van der Waals surface area contributed by atoms with Crippen molar-refractivity contribution in [3.05, 3.63) is 58.7 Å². The van der Waals surface area contributed by atoms with E-state index in [4.69, 9.17) is 4.74 Å². The number of anilines is 1. The van der Waals surface area contributed by atoms with Crippen LogP contribution in [-0.4, -0.2) is 12.0 Å². The molecule has 1 N–H and O–H groups in total. The number of hydrogen-bond donors (Lipinski definition) is 1. The fraction of sp³-hybridized carbons (Fsp3) is 0.316. The summed E-state index contributed by atoms with van der Waals surface area (Å²) in [5.41, 5.74) is 5.51. The number of amides is 1. The van der Waals surface area contributed by atoms with E-state index in [0.29, 0.717) is 5.75 Å². The van der Waals surface area contributed by atoms with Gasteiger partial charge in [0.15, 0.2) is 6.10 Å². The minimum absolute atomic E-state index is 0.151. The van der Waals surface area contributed by atoms with E-state index in [-0.39, 0.29) is 5.91 Å². The van der Waals surface area contributed by atoms with Crippen molar-refractivity contribution in [2.24, 2.45) is 0 Å². The second-order valence-corrected chi connectivity index (χ2v) is 5.79. The average Bonchev–Trinajstić information content (AvgIpc) is 2.46. The van der Waals surface area contributed by atoms with Gasteiger partial charge in [0.05, 0.1) is 0 Å². The van der Waals surface area contributed by atoms with Crippen molar-refractivity contribution < 1.29 is 9.53 Å². The van der Waals surface area contributed by atoms with E-state index in [1.54, 1.807) is 6.92 Å². The van der Waals surface area contributed by atoms with Gasteiger partial charge < -0.3 is 10.1 Å². The van der Waals surface area contributed by atoms with Gasteiger partial charge in [0.2, 0.25) is 0 Å². The largest absolute Gasteiger partial charge is 0.481 e. The predicted octanol–water partition coefficient (Wildman–Crippen LogP) is 4.33. The molecule has 0 unspecified atom stereocenters. The van der Waals surface area contributed by atoms with Crippen LogP contribution in [0.4, 0.5) is 5.69 Å². The standard InChI is InChI=1S/C19H23NO2/c1-12-6-8-17(10-14(12)3)20-19(21)16(5)22-18-9-7-13(2)15(4)11-18/h6-11,16H,1-5H3,(H,20,21)/t16-/m1/s1. The van der Waals surface area contributed by atoms with Gasteiger partial charge in [0.25, 0.3) is 5.91 Å². The molecule has 0 spiro atoms. The zero-order valence-electron chi connectivity index (χ0n) is 13.9. The van der Waals surface area contributed by atoms with E-state index in [2.05, 4.69) is 12.2 Å². The zero-order chi connectivity index (χ0) is 16.3. The van der Waals surface area contributed by atoms with E-state index in [1.807, 2.05) is 57.2 Å². The summed E-state index contributed by atoms with van der Waals surface area (Å²) in [4.78, 5) is 12.2. The van der Waals surface area contributed by atoms with Crippen molar-refractivity contribution in [2.75, 3.05) is 5.32 Å². The molecular formula is C19H23NO2. The molecular weight excluding hydrogens is 274 g/mol. The van der Waals surface area contributed by atoms with Crippen LogP contribution in [0.25, 0.3) is 0 Å². The van der Waals surface area contributed by atoms with Gasteiger partial charge in [-0.3, -0.25) is 4.79 Å². The maximum Gasteiger partial charge on any atom is 0.265 e. The minimum atomic E-state index is -0.552. The highest BCUT2D eigenvalue weighted by molar-refractivity contribution is 5.94. The predicted molar refractivity (Wildman–Crippen MR) is 90.6 cm³/mol. The van der Waals surface area contributed by atoms with E-state index < -0.39 is 6.10 Å². The fourth-order valence-corrected chi connectivity index (χ4v) is 2.11. The summed E-state index contributed by atoms with van der Waals surface area (Å²) in [6.45, 7) is 9.91. The van der Waals surface area contributed by atoms with Crippen LogP contribution in [0.3, 0.4) is 0 Å². The molecule has 0 saturated heterocycles. The second kappa shape index (κ2) is 6.65. The Morgan fingerprint density at radius 1 is 0.909 bits per heavy atom. The first-order valence-electron chi connectivity index (χ1n) is 7.49. The highest BCUT2D eigenvalue weighted by Crippen LogP contribution is 2.19. The van der Waals surface area contributed by atoms with E-state index >= 15 is 0 Å². The Balaban J connectivity index is 2.02. The first kappa shape index (κ1) is 16.1. The normalized spacial score (nSPS) is 11.9. The van der Waals surface area contributed by atoms with Crippen LogP contribution in [0.15, 0.2) is 36.4 Å². The lowest BCUT2D eigenvalue weighted by atomic mass is 10.1. The summed E-state index contributed by atoms with van der Waals surface area (Å²) in [7, 11) is 0. The van der Waals surface area contributed by atoms with Crippen LogP contribution in [0, 0.1) is 27.7 Å². The van der Waals surface area contributed by atoms with E-state index in [1.165, 1.54) is 11.1 Å². The third-order valence-corrected chi connectivity index (χ3v) is 3.93. The number of ether oxygens (including phenoxy) is 1. The first-order chi connectivity index (χ1) is 10.4. The van der Waals surface area contributed by atoms with Gasteiger partial charge in [-0.15, -0.1) is 0 Å². The van der Waals surface area contributed by atoms with Crippen LogP contribution < -0.4 is 10.1 Å². The Labute approximate surface area is 132 Å². The SMILES string of the molecule is Cc1ccc(NC(=O)[C@@H](C)Oc2ccc(C)c(C)c2)cc1C. The maximum absolute atomic E-state index is 12.2. The average molecular weight is 297 g/mol. The molecule has 0 radical (unpaired) electrons. The van der Waals surface area contributed by atoms with Gasteiger partial charge in [-0.1, -0.05) is 12.1 Å². The molecule has 1 amide bonds. The number of aryl methyl sites for hydroxylation is 4. The van der Waals surface area contributed by atoms with Gasteiger partial charge in [-0.2, -0.15) is 0 Å². The fourth-order valence-electron chi connectivity index (χ4n) is 2.11. The lowest BCUT2D eigenvalue weighted by Gasteiger charge is -2.16. The van der Waals surface area contributed by atoms with E-state index in [9.17, 15) is 4.79 Å². The molecule has 116 valence electrons. The number of nitrogens with one attached hydrogen (secondary N) is 1. The number of rotatable bonds is 4. The molecule has 0 aliphatic carbocycles. The number of carbonyl (C=O) groups excluding carboxylic acids is 1. The third kappa shape index (κ3) is 3.88. The van der Waals surface area contributed by atoms with Crippen LogP contribution >= 0.6 is 0 Å². The van der Waals surface area contributed by atoms with Crippen molar-refractivity contribution in [3.8, 4) is 5.75 Å². The summed E-state index contributed by atoms with van der Waals surface area (Å²) in [6, 6.07) is 11.7. The molecule has 0 aliphatic heterocycles. The Morgan fingerprint density at radius 3 is 2.09 bits per heavy atom. The third-order valence-electron chi connectivity index (χ3n) is 3.93. The smallest absolute Gasteiger partial charge is 0.265 e. The molecule has 2 aromatic carbocycles. The number of benzene rings is 2. The summed E-state index contributed by atoms with van der Waals surface area (Å²) < 4.78 is 5.73.